The maximum atomic E-state index is 10.8. The largest absolute Gasteiger partial charge is 0.298 e. The van der Waals surface area contributed by atoms with Gasteiger partial charge in [0.2, 0.25) is 0 Å². The molecule has 0 aliphatic heterocycles. The highest BCUT2D eigenvalue weighted by molar-refractivity contribution is 5.76. The van der Waals surface area contributed by atoms with Gasteiger partial charge in [-0.25, -0.2) is 0 Å². The molecule has 3 atom stereocenters. The minimum absolute atomic E-state index is 0.580. The lowest BCUT2D eigenvalue weighted by atomic mass is 9.85. The standard InChI is InChI=1S/C11H14N2O/c14-6-9-5-12-13-11(9)10-4-7-1-2-8(10)3-7/h5-8,10H,1-4H2,(H,12,13). The number of carbonyl (C=O) groups is 1. The van der Waals surface area contributed by atoms with Crippen molar-refractivity contribution in [3.63, 3.8) is 0 Å². The molecule has 0 spiro atoms. The molecule has 2 bridgehead atoms. The Morgan fingerprint density at radius 1 is 1.43 bits per heavy atom. The molecule has 1 N–H and O–H groups in total. The number of carbonyl (C=O) groups excluding carboxylic acids is 1. The minimum Gasteiger partial charge on any atom is -0.298 e. The molecule has 0 saturated heterocycles. The Labute approximate surface area is 82.9 Å². The van der Waals surface area contributed by atoms with Gasteiger partial charge in [0, 0.05) is 11.6 Å². The van der Waals surface area contributed by atoms with Gasteiger partial charge in [-0.15, -0.1) is 0 Å². The Morgan fingerprint density at radius 3 is 3.00 bits per heavy atom. The van der Waals surface area contributed by atoms with Gasteiger partial charge < -0.3 is 0 Å². The van der Waals surface area contributed by atoms with Crippen molar-refractivity contribution in [2.45, 2.75) is 31.6 Å². The van der Waals surface area contributed by atoms with E-state index in [1.54, 1.807) is 6.20 Å². The third-order valence-electron chi connectivity index (χ3n) is 3.94. The number of nitrogens with zero attached hydrogens (tertiary/aromatic N) is 1. The third-order valence-corrected chi connectivity index (χ3v) is 3.94. The fourth-order valence-electron chi connectivity index (χ4n) is 3.29. The number of fused-ring (bicyclic) bond motifs is 2. The van der Waals surface area contributed by atoms with Crippen LogP contribution in [0.3, 0.4) is 0 Å². The summed E-state index contributed by atoms with van der Waals surface area (Å²) in [4.78, 5) is 10.8. The summed E-state index contributed by atoms with van der Waals surface area (Å²) in [5.74, 6) is 2.29. The Bertz CT molecular complexity index is 358. The first-order valence-corrected chi connectivity index (χ1v) is 5.37. The fraction of sp³-hybridized carbons (Fsp3) is 0.636. The Hall–Kier alpha value is -1.12. The van der Waals surface area contributed by atoms with E-state index in [0.29, 0.717) is 5.92 Å². The number of aromatic nitrogens is 2. The smallest absolute Gasteiger partial charge is 0.153 e. The Morgan fingerprint density at radius 2 is 2.36 bits per heavy atom. The number of H-pyrrole nitrogens is 1. The number of aldehydes is 1. The van der Waals surface area contributed by atoms with Crippen LogP contribution in [0.25, 0.3) is 0 Å². The number of rotatable bonds is 2. The van der Waals surface area contributed by atoms with Gasteiger partial charge >= 0.3 is 0 Å². The van der Waals surface area contributed by atoms with Crippen LogP contribution < -0.4 is 0 Å². The molecule has 0 amide bonds. The van der Waals surface area contributed by atoms with Crippen LogP contribution in [0.5, 0.6) is 0 Å². The van der Waals surface area contributed by atoms with Crippen molar-refractivity contribution in [1.82, 2.24) is 10.2 Å². The van der Waals surface area contributed by atoms with Crippen LogP contribution in [0, 0.1) is 11.8 Å². The lowest BCUT2D eigenvalue weighted by Crippen LogP contribution is -2.10. The van der Waals surface area contributed by atoms with Gasteiger partial charge in [-0.1, -0.05) is 6.42 Å². The lowest BCUT2D eigenvalue weighted by Gasteiger charge is -2.20. The average molecular weight is 190 g/mol. The van der Waals surface area contributed by atoms with Gasteiger partial charge in [0.05, 0.1) is 11.8 Å². The molecule has 1 aromatic rings. The maximum Gasteiger partial charge on any atom is 0.153 e. The van der Waals surface area contributed by atoms with Crippen molar-refractivity contribution in [2.75, 3.05) is 0 Å². The molecule has 0 radical (unpaired) electrons. The van der Waals surface area contributed by atoms with Crippen LogP contribution in [0.15, 0.2) is 6.20 Å². The van der Waals surface area contributed by atoms with Gasteiger partial charge in [0.25, 0.3) is 0 Å². The van der Waals surface area contributed by atoms with Crippen LogP contribution in [0.4, 0.5) is 0 Å². The highest BCUT2D eigenvalue weighted by Crippen LogP contribution is 2.52. The van der Waals surface area contributed by atoms with E-state index < -0.39 is 0 Å². The lowest BCUT2D eigenvalue weighted by molar-refractivity contribution is 0.112. The molecule has 14 heavy (non-hydrogen) atoms. The Balaban J connectivity index is 1.92. The third kappa shape index (κ3) is 1.04. The number of hydrogen-bond acceptors (Lipinski definition) is 2. The van der Waals surface area contributed by atoms with Gasteiger partial charge in [0.1, 0.15) is 0 Å². The topological polar surface area (TPSA) is 45.8 Å². The van der Waals surface area contributed by atoms with E-state index in [1.165, 1.54) is 25.7 Å². The van der Waals surface area contributed by atoms with Crippen molar-refractivity contribution in [3.05, 3.63) is 17.5 Å². The first-order valence-electron chi connectivity index (χ1n) is 5.37. The summed E-state index contributed by atoms with van der Waals surface area (Å²) < 4.78 is 0. The number of nitrogens with one attached hydrogen (secondary N) is 1. The fourth-order valence-corrected chi connectivity index (χ4v) is 3.29. The second-order valence-corrected chi connectivity index (χ2v) is 4.64. The molecule has 2 aliphatic rings. The summed E-state index contributed by atoms with van der Waals surface area (Å²) in [5.41, 5.74) is 1.86. The summed E-state index contributed by atoms with van der Waals surface area (Å²) in [5, 5.41) is 6.97. The van der Waals surface area contributed by atoms with Crippen LogP contribution in [-0.2, 0) is 0 Å². The van der Waals surface area contributed by atoms with Crippen molar-refractivity contribution < 1.29 is 4.79 Å². The highest BCUT2D eigenvalue weighted by Gasteiger charge is 2.41. The molecular weight excluding hydrogens is 176 g/mol. The van der Waals surface area contributed by atoms with E-state index >= 15 is 0 Å². The van der Waals surface area contributed by atoms with E-state index in [2.05, 4.69) is 10.2 Å². The normalized spacial score (nSPS) is 35.0. The molecule has 1 heterocycles. The van der Waals surface area contributed by atoms with Crippen molar-refractivity contribution in [1.29, 1.82) is 0 Å². The molecule has 2 saturated carbocycles. The van der Waals surface area contributed by atoms with E-state index in [0.717, 1.165) is 29.4 Å². The zero-order chi connectivity index (χ0) is 9.54. The molecule has 3 nitrogen and oxygen atoms in total. The SMILES string of the molecule is O=Cc1cn[nH]c1C1CC2CCC1C2. The molecule has 1 aromatic heterocycles. The number of hydrogen-bond donors (Lipinski definition) is 1. The predicted octanol–water partition coefficient (Wildman–Crippen LogP) is 2.13. The van der Waals surface area contributed by atoms with Gasteiger partial charge in [-0.05, 0) is 31.1 Å². The van der Waals surface area contributed by atoms with Crippen LogP contribution in [0.2, 0.25) is 0 Å². The zero-order valence-electron chi connectivity index (χ0n) is 8.07. The predicted molar refractivity (Wildman–Crippen MR) is 52.2 cm³/mol. The molecular formula is C11H14N2O. The summed E-state index contributed by atoms with van der Waals surface area (Å²) in [6, 6.07) is 0. The summed E-state index contributed by atoms with van der Waals surface area (Å²) in [7, 11) is 0. The van der Waals surface area contributed by atoms with Crippen LogP contribution in [0.1, 0.15) is 47.7 Å². The van der Waals surface area contributed by atoms with Crippen molar-refractivity contribution in [3.8, 4) is 0 Å². The summed E-state index contributed by atoms with van der Waals surface area (Å²) in [6.07, 6.45) is 7.92. The molecule has 3 rings (SSSR count). The van der Waals surface area contributed by atoms with E-state index in [-0.39, 0.29) is 0 Å². The molecule has 0 aromatic carbocycles. The van der Waals surface area contributed by atoms with Gasteiger partial charge in [-0.2, -0.15) is 5.10 Å². The minimum atomic E-state index is 0.580. The van der Waals surface area contributed by atoms with Crippen LogP contribution in [-0.4, -0.2) is 16.5 Å². The number of aromatic amines is 1. The molecule has 3 unspecified atom stereocenters. The zero-order valence-corrected chi connectivity index (χ0v) is 8.07. The van der Waals surface area contributed by atoms with Gasteiger partial charge in [-0.3, -0.25) is 9.89 Å². The summed E-state index contributed by atoms with van der Waals surface area (Å²) in [6.45, 7) is 0. The Kier molecular flexibility index (Phi) is 1.72. The summed E-state index contributed by atoms with van der Waals surface area (Å²) >= 11 is 0. The van der Waals surface area contributed by atoms with Crippen LogP contribution >= 0.6 is 0 Å². The second-order valence-electron chi connectivity index (χ2n) is 4.64. The molecule has 74 valence electrons. The second kappa shape index (κ2) is 2.94. The van der Waals surface area contributed by atoms with Crippen molar-refractivity contribution in [2.24, 2.45) is 11.8 Å². The highest BCUT2D eigenvalue weighted by atomic mass is 16.1. The van der Waals surface area contributed by atoms with E-state index in [9.17, 15) is 4.79 Å². The molecule has 2 aliphatic carbocycles. The van der Waals surface area contributed by atoms with E-state index in [1.807, 2.05) is 0 Å². The quantitative estimate of drug-likeness (QED) is 0.726. The van der Waals surface area contributed by atoms with E-state index in [4.69, 9.17) is 0 Å². The maximum absolute atomic E-state index is 10.8. The van der Waals surface area contributed by atoms with Gasteiger partial charge in [0.15, 0.2) is 6.29 Å². The monoisotopic (exact) mass is 190 g/mol. The van der Waals surface area contributed by atoms with Crippen molar-refractivity contribution >= 4 is 6.29 Å². The first-order chi connectivity index (χ1) is 6.88. The molecule has 2 fully saturated rings. The average Bonchev–Trinajstić information content (AvgIpc) is 2.92. The first kappa shape index (κ1) is 8.21. The molecule has 3 heteroatoms.